The van der Waals surface area contributed by atoms with Crippen molar-refractivity contribution in [1.29, 1.82) is 0 Å². The summed E-state index contributed by atoms with van der Waals surface area (Å²) in [7, 11) is 0. The third-order valence-corrected chi connectivity index (χ3v) is 12.0. The Morgan fingerprint density at radius 1 is 0.483 bits per heavy atom. The van der Waals surface area contributed by atoms with Crippen LogP contribution in [-0.2, 0) is 23.9 Å². The lowest BCUT2D eigenvalue weighted by Crippen LogP contribution is -2.41. The Kier molecular flexibility index (Phi) is 45.5. The summed E-state index contributed by atoms with van der Waals surface area (Å²) in [6, 6.07) is -0.469. The first-order valence-corrected chi connectivity index (χ1v) is 26.2. The predicted octanol–water partition coefficient (Wildman–Crippen LogP) is 12.6. The second kappa shape index (κ2) is 46.8. The van der Waals surface area contributed by atoms with Crippen molar-refractivity contribution >= 4 is 17.8 Å². The normalized spacial score (nSPS) is 12.1. The van der Waals surface area contributed by atoms with Crippen LogP contribution in [0.25, 0.3) is 0 Å². The van der Waals surface area contributed by atoms with Crippen molar-refractivity contribution in [1.82, 2.24) is 10.2 Å². The predicted molar refractivity (Wildman–Crippen MR) is 255 cm³/mol. The van der Waals surface area contributed by atoms with Gasteiger partial charge < -0.3 is 31.2 Å². The molecule has 0 saturated carbocycles. The zero-order chi connectivity index (χ0) is 44.0. The average molecular weight is 851 g/mol. The van der Waals surface area contributed by atoms with E-state index in [4.69, 9.17) is 20.9 Å². The van der Waals surface area contributed by atoms with Crippen LogP contribution in [0.5, 0.6) is 0 Å². The zero-order valence-corrected chi connectivity index (χ0v) is 40.2. The molecule has 0 aromatic rings. The van der Waals surface area contributed by atoms with Gasteiger partial charge in [-0.05, 0) is 103 Å². The number of carbonyl (C=O) groups is 3. The molecule has 9 heteroatoms. The Balaban J connectivity index is 4.54. The van der Waals surface area contributed by atoms with E-state index in [2.05, 4.69) is 31.0 Å². The van der Waals surface area contributed by atoms with E-state index in [0.29, 0.717) is 39.0 Å². The van der Waals surface area contributed by atoms with Crippen molar-refractivity contribution in [2.24, 2.45) is 11.5 Å². The molecule has 5 N–H and O–H groups in total. The van der Waals surface area contributed by atoms with Gasteiger partial charge in [-0.25, -0.2) is 0 Å². The summed E-state index contributed by atoms with van der Waals surface area (Å²) in [5.41, 5.74) is 11.7. The monoisotopic (exact) mass is 851 g/mol. The fourth-order valence-corrected chi connectivity index (χ4v) is 8.02. The van der Waals surface area contributed by atoms with Crippen molar-refractivity contribution < 1.29 is 23.9 Å². The van der Waals surface area contributed by atoms with Crippen LogP contribution >= 0.6 is 0 Å². The maximum atomic E-state index is 12.9. The summed E-state index contributed by atoms with van der Waals surface area (Å²) >= 11 is 0. The van der Waals surface area contributed by atoms with Gasteiger partial charge in [0.2, 0.25) is 5.91 Å². The minimum Gasteiger partial charge on any atom is -0.466 e. The number of unbranched alkanes of at least 4 members (excludes halogenated alkanes) is 25. The van der Waals surface area contributed by atoms with E-state index in [0.717, 1.165) is 116 Å². The highest BCUT2D eigenvalue weighted by Gasteiger charge is 2.15. The Hall–Kier alpha value is -1.71. The molecule has 9 nitrogen and oxygen atoms in total. The molecule has 0 unspecified atom stereocenters. The van der Waals surface area contributed by atoms with Crippen molar-refractivity contribution in [3.63, 3.8) is 0 Å². The van der Waals surface area contributed by atoms with E-state index in [9.17, 15) is 14.4 Å². The van der Waals surface area contributed by atoms with E-state index >= 15 is 0 Å². The van der Waals surface area contributed by atoms with Gasteiger partial charge in [0.05, 0.1) is 12.6 Å². The first kappa shape index (κ1) is 58.3. The van der Waals surface area contributed by atoms with Crippen LogP contribution in [0.1, 0.15) is 258 Å². The summed E-state index contributed by atoms with van der Waals surface area (Å²) in [5, 5.41) is 3.03. The maximum absolute atomic E-state index is 12.9. The molecule has 0 bridgehead atoms. The van der Waals surface area contributed by atoms with Crippen LogP contribution in [-0.4, -0.2) is 74.2 Å². The molecule has 0 aliphatic rings. The van der Waals surface area contributed by atoms with Gasteiger partial charge in [0.15, 0.2) is 0 Å². The number of nitrogens with one attached hydrogen (secondary N) is 1. The van der Waals surface area contributed by atoms with E-state index < -0.39 is 6.04 Å². The molecule has 0 aromatic carbocycles. The van der Waals surface area contributed by atoms with Crippen LogP contribution < -0.4 is 16.8 Å². The SMILES string of the molecule is CCCCCCCCCCCOC(=O)CCCCCN(CCCCCCCC(=O)OC(CCCCCCCC)CCCCCCCC)CCCNC(=O)[C@@H](N)CCCCN. The molecular weight excluding hydrogens is 749 g/mol. The summed E-state index contributed by atoms with van der Waals surface area (Å²) in [6.07, 6.45) is 41.3. The molecule has 0 rings (SSSR count). The van der Waals surface area contributed by atoms with E-state index in [1.165, 1.54) is 122 Å². The average Bonchev–Trinajstić information content (AvgIpc) is 3.24. The molecule has 356 valence electrons. The molecular formula is C51H102N4O5. The summed E-state index contributed by atoms with van der Waals surface area (Å²) in [4.78, 5) is 40.1. The van der Waals surface area contributed by atoms with Gasteiger partial charge in [-0.15, -0.1) is 0 Å². The lowest BCUT2D eigenvalue weighted by molar-refractivity contribution is -0.150. The molecule has 0 aliphatic carbocycles. The van der Waals surface area contributed by atoms with Gasteiger partial charge in [0.1, 0.15) is 6.10 Å². The van der Waals surface area contributed by atoms with E-state index in [1.807, 2.05) is 0 Å². The second-order valence-electron chi connectivity index (χ2n) is 18.0. The molecule has 0 aromatic heterocycles. The standard InChI is InChI=1S/C51H102N4O5/c1-4-7-10-13-16-17-18-24-34-46-59-49(56)39-29-25-33-44-55(45-35-42-54-51(58)48(53)38-30-31-41-52)43-32-23-19-22-28-40-50(57)60-47(36-26-20-14-11-8-5-2)37-27-21-15-12-9-6-3/h47-48H,4-46,52-53H2,1-3H3,(H,54,58)/t48-/m0/s1. The Morgan fingerprint density at radius 3 is 1.43 bits per heavy atom. The third-order valence-electron chi connectivity index (χ3n) is 12.0. The molecule has 0 saturated heterocycles. The van der Waals surface area contributed by atoms with Crippen LogP contribution in [0.2, 0.25) is 0 Å². The summed E-state index contributed by atoms with van der Waals surface area (Å²) < 4.78 is 11.6. The molecule has 1 atom stereocenters. The molecule has 0 heterocycles. The number of carbonyl (C=O) groups excluding carboxylic acids is 3. The Labute approximate surface area is 372 Å². The molecule has 1 amide bonds. The molecule has 0 fully saturated rings. The largest absolute Gasteiger partial charge is 0.466 e. The molecule has 0 radical (unpaired) electrons. The number of ether oxygens (including phenoxy) is 2. The fraction of sp³-hybridized carbons (Fsp3) is 0.941. The lowest BCUT2D eigenvalue weighted by atomic mass is 10.0. The number of hydrogen-bond donors (Lipinski definition) is 3. The first-order valence-electron chi connectivity index (χ1n) is 26.2. The quantitative estimate of drug-likeness (QED) is 0.0406. The molecule has 0 aliphatic heterocycles. The third kappa shape index (κ3) is 41.6. The van der Waals surface area contributed by atoms with Gasteiger partial charge in [-0.2, -0.15) is 0 Å². The smallest absolute Gasteiger partial charge is 0.306 e. The highest BCUT2D eigenvalue weighted by molar-refractivity contribution is 5.81. The number of hydrogen-bond acceptors (Lipinski definition) is 8. The van der Waals surface area contributed by atoms with Gasteiger partial charge in [0.25, 0.3) is 0 Å². The summed E-state index contributed by atoms with van der Waals surface area (Å²) in [5.74, 6) is -0.130. The lowest BCUT2D eigenvalue weighted by Gasteiger charge is -2.23. The van der Waals surface area contributed by atoms with E-state index in [-0.39, 0.29) is 23.9 Å². The second-order valence-corrected chi connectivity index (χ2v) is 18.0. The van der Waals surface area contributed by atoms with Crippen LogP contribution in [0, 0.1) is 0 Å². The van der Waals surface area contributed by atoms with Gasteiger partial charge in [-0.3, -0.25) is 14.4 Å². The van der Waals surface area contributed by atoms with Crippen molar-refractivity contribution in [3.8, 4) is 0 Å². The maximum Gasteiger partial charge on any atom is 0.306 e. The first-order chi connectivity index (χ1) is 29.4. The minimum atomic E-state index is -0.469. The number of nitrogens with two attached hydrogens (primary N) is 2. The van der Waals surface area contributed by atoms with Crippen molar-refractivity contribution in [3.05, 3.63) is 0 Å². The van der Waals surface area contributed by atoms with E-state index in [1.54, 1.807) is 0 Å². The minimum absolute atomic E-state index is 0.00110. The highest BCUT2D eigenvalue weighted by Crippen LogP contribution is 2.19. The topological polar surface area (TPSA) is 137 Å². The zero-order valence-electron chi connectivity index (χ0n) is 40.2. The number of rotatable bonds is 48. The number of nitrogens with zero attached hydrogens (tertiary/aromatic N) is 1. The highest BCUT2D eigenvalue weighted by atomic mass is 16.5. The van der Waals surface area contributed by atoms with Gasteiger partial charge in [0, 0.05) is 19.4 Å². The summed E-state index contributed by atoms with van der Waals surface area (Å²) in [6.45, 7) is 11.5. The molecule has 60 heavy (non-hydrogen) atoms. The van der Waals surface area contributed by atoms with Gasteiger partial charge in [-0.1, -0.05) is 168 Å². The Morgan fingerprint density at radius 2 is 0.900 bits per heavy atom. The number of amides is 1. The fourth-order valence-electron chi connectivity index (χ4n) is 8.02. The molecule has 0 spiro atoms. The Bertz CT molecular complexity index is 921. The van der Waals surface area contributed by atoms with Crippen LogP contribution in [0.3, 0.4) is 0 Å². The van der Waals surface area contributed by atoms with Crippen molar-refractivity contribution in [2.45, 2.75) is 270 Å². The van der Waals surface area contributed by atoms with Crippen LogP contribution in [0.15, 0.2) is 0 Å². The van der Waals surface area contributed by atoms with Crippen molar-refractivity contribution in [2.75, 3.05) is 39.3 Å². The number of esters is 2. The van der Waals surface area contributed by atoms with Crippen LogP contribution in [0.4, 0.5) is 0 Å². The van der Waals surface area contributed by atoms with Gasteiger partial charge >= 0.3 is 11.9 Å².